The van der Waals surface area contributed by atoms with Crippen molar-refractivity contribution in [3.05, 3.63) is 0 Å². The van der Waals surface area contributed by atoms with Crippen molar-refractivity contribution in [3.8, 4) is 0 Å². The van der Waals surface area contributed by atoms with Gasteiger partial charge in [-0.1, -0.05) is 0 Å². The van der Waals surface area contributed by atoms with Gasteiger partial charge >= 0.3 is 11.9 Å². The maximum absolute atomic E-state index is 12.5. The average Bonchev–Trinajstić information content (AvgIpc) is 2.71. The van der Waals surface area contributed by atoms with Crippen LogP contribution >= 0.6 is 11.8 Å². The lowest BCUT2D eigenvalue weighted by Crippen LogP contribution is -2.58. The molecule has 0 bridgehead atoms. The first kappa shape index (κ1) is 29.1. The van der Waals surface area contributed by atoms with Gasteiger partial charge in [0.15, 0.2) is 0 Å². The fourth-order valence-corrected chi connectivity index (χ4v) is 2.80. The van der Waals surface area contributed by atoms with Gasteiger partial charge in [0.1, 0.15) is 18.1 Å². The first-order valence-electron chi connectivity index (χ1n) is 9.42. The number of amides is 4. The molecular formula is C17H29N5O9S. The Labute approximate surface area is 187 Å². The van der Waals surface area contributed by atoms with Gasteiger partial charge in [0.25, 0.3) is 0 Å². The van der Waals surface area contributed by atoms with Crippen LogP contribution in [0.2, 0.25) is 0 Å². The molecule has 0 aliphatic heterocycles. The molecule has 0 aliphatic carbocycles. The highest BCUT2D eigenvalue weighted by Crippen LogP contribution is 2.04. The van der Waals surface area contributed by atoms with E-state index in [0.29, 0.717) is 5.75 Å². The summed E-state index contributed by atoms with van der Waals surface area (Å²) in [5.41, 5.74) is 10.5. The molecule has 10 N–H and O–H groups in total. The van der Waals surface area contributed by atoms with Crippen LogP contribution in [0.1, 0.15) is 25.7 Å². The van der Waals surface area contributed by atoms with Crippen LogP contribution in [0.4, 0.5) is 0 Å². The maximum Gasteiger partial charge on any atom is 0.326 e. The first-order valence-corrected chi connectivity index (χ1v) is 10.8. The van der Waals surface area contributed by atoms with Crippen molar-refractivity contribution in [1.29, 1.82) is 0 Å². The summed E-state index contributed by atoms with van der Waals surface area (Å²) in [6.45, 7) is -0.848. The molecule has 0 heterocycles. The standard InChI is InChI=1S/C17H29N5O9S/c1-32-5-4-9(15(28)21-10(17(30)31)6-12(19)24)20-16(29)11(7-23)22-14(27)8(18)2-3-13(25)26/h8-11,23H,2-7,18H2,1H3,(H2,19,24)(H,20,29)(H,21,28)(H,22,27)(H,25,26)(H,30,31). The molecule has 0 aliphatic rings. The van der Waals surface area contributed by atoms with Crippen molar-refractivity contribution >= 4 is 47.3 Å². The van der Waals surface area contributed by atoms with E-state index in [1.807, 2.05) is 0 Å². The summed E-state index contributed by atoms with van der Waals surface area (Å²) in [7, 11) is 0. The molecule has 0 aromatic carbocycles. The molecule has 0 saturated heterocycles. The zero-order valence-corrected chi connectivity index (χ0v) is 18.2. The molecule has 0 rings (SSSR count). The summed E-state index contributed by atoms with van der Waals surface area (Å²) in [5, 5.41) is 33.8. The normalized spacial score (nSPS) is 14.3. The molecule has 4 amide bonds. The second-order valence-electron chi connectivity index (χ2n) is 6.70. The molecule has 4 unspecified atom stereocenters. The smallest absolute Gasteiger partial charge is 0.326 e. The van der Waals surface area contributed by atoms with Gasteiger partial charge in [0, 0.05) is 6.42 Å². The molecule has 182 valence electrons. The van der Waals surface area contributed by atoms with Crippen molar-refractivity contribution in [2.24, 2.45) is 11.5 Å². The third-order valence-electron chi connectivity index (χ3n) is 4.09. The van der Waals surface area contributed by atoms with E-state index in [9.17, 15) is 33.9 Å². The Morgan fingerprint density at radius 3 is 1.88 bits per heavy atom. The number of aliphatic hydroxyl groups is 1. The number of nitrogens with one attached hydrogen (secondary N) is 3. The fourth-order valence-electron chi connectivity index (χ4n) is 2.33. The number of carbonyl (C=O) groups is 6. The molecule has 0 aromatic rings. The number of primary amides is 1. The molecular weight excluding hydrogens is 450 g/mol. The number of carbonyl (C=O) groups excluding carboxylic acids is 4. The number of thioether (sulfide) groups is 1. The second-order valence-corrected chi connectivity index (χ2v) is 7.68. The quantitative estimate of drug-likeness (QED) is 0.107. The third kappa shape index (κ3) is 11.5. The zero-order chi connectivity index (χ0) is 24.8. The minimum Gasteiger partial charge on any atom is -0.481 e. The van der Waals surface area contributed by atoms with Crippen molar-refractivity contribution in [2.45, 2.75) is 49.9 Å². The summed E-state index contributed by atoms with van der Waals surface area (Å²) in [6, 6.07) is -5.58. The fraction of sp³-hybridized carbons (Fsp3) is 0.647. The number of hydrogen-bond donors (Lipinski definition) is 8. The van der Waals surface area contributed by atoms with Crippen LogP contribution in [0.25, 0.3) is 0 Å². The molecule has 4 atom stereocenters. The largest absolute Gasteiger partial charge is 0.481 e. The minimum absolute atomic E-state index is 0.0753. The average molecular weight is 480 g/mol. The van der Waals surface area contributed by atoms with Crippen molar-refractivity contribution < 1.29 is 44.1 Å². The van der Waals surface area contributed by atoms with Gasteiger partial charge < -0.3 is 42.7 Å². The number of nitrogens with two attached hydrogens (primary N) is 2. The monoisotopic (exact) mass is 479 g/mol. The van der Waals surface area contributed by atoms with Crippen LogP contribution in [-0.4, -0.2) is 93.7 Å². The van der Waals surface area contributed by atoms with E-state index in [4.69, 9.17) is 21.7 Å². The Morgan fingerprint density at radius 1 is 0.875 bits per heavy atom. The van der Waals surface area contributed by atoms with Gasteiger partial charge in [-0.15, -0.1) is 0 Å². The number of carboxylic acid groups (broad SMARTS) is 2. The summed E-state index contributed by atoms with van der Waals surface area (Å²) in [4.78, 5) is 69.8. The van der Waals surface area contributed by atoms with E-state index in [0.717, 1.165) is 0 Å². The summed E-state index contributed by atoms with van der Waals surface area (Å²) >= 11 is 1.34. The summed E-state index contributed by atoms with van der Waals surface area (Å²) in [5.74, 6) is -5.95. The topological polar surface area (TPSA) is 251 Å². The van der Waals surface area contributed by atoms with Crippen LogP contribution in [0.5, 0.6) is 0 Å². The predicted molar refractivity (Wildman–Crippen MR) is 112 cm³/mol. The van der Waals surface area contributed by atoms with E-state index in [1.165, 1.54) is 11.8 Å². The van der Waals surface area contributed by atoms with Crippen LogP contribution in [0.15, 0.2) is 0 Å². The number of aliphatic carboxylic acids is 2. The van der Waals surface area contributed by atoms with E-state index < -0.39 is 72.8 Å². The molecule has 15 heteroatoms. The molecule has 32 heavy (non-hydrogen) atoms. The van der Waals surface area contributed by atoms with E-state index in [2.05, 4.69) is 16.0 Å². The van der Waals surface area contributed by atoms with E-state index in [1.54, 1.807) is 6.26 Å². The molecule has 0 saturated carbocycles. The Bertz CT molecular complexity index is 706. The zero-order valence-electron chi connectivity index (χ0n) is 17.4. The number of rotatable bonds is 16. The third-order valence-corrected chi connectivity index (χ3v) is 4.73. The van der Waals surface area contributed by atoms with Crippen LogP contribution in [0.3, 0.4) is 0 Å². The van der Waals surface area contributed by atoms with Gasteiger partial charge in [-0.3, -0.25) is 24.0 Å². The van der Waals surface area contributed by atoms with Gasteiger partial charge in [0.05, 0.1) is 19.1 Å². The molecule has 0 radical (unpaired) electrons. The molecule has 0 aromatic heterocycles. The first-order chi connectivity index (χ1) is 14.9. The number of hydrogen-bond acceptors (Lipinski definition) is 9. The molecule has 0 fully saturated rings. The predicted octanol–water partition coefficient (Wildman–Crippen LogP) is -3.66. The molecule has 0 spiro atoms. The van der Waals surface area contributed by atoms with E-state index in [-0.39, 0.29) is 19.3 Å². The highest BCUT2D eigenvalue weighted by Gasteiger charge is 2.30. The second kappa shape index (κ2) is 15.0. The van der Waals surface area contributed by atoms with Gasteiger partial charge in [0.2, 0.25) is 23.6 Å². The maximum atomic E-state index is 12.5. The van der Waals surface area contributed by atoms with E-state index >= 15 is 0 Å². The Balaban J connectivity index is 5.20. The van der Waals surface area contributed by atoms with Gasteiger partial charge in [-0.2, -0.15) is 11.8 Å². The number of aliphatic hydroxyl groups excluding tert-OH is 1. The molecule has 14 nitrogen and oxygen atoms in total. The summed E-state index contributed by atoms with van der Waals surface area (Å²) < 4.78 is 0. The lowest BCUT2D eigenvalue weighted by molar-refractivity contribution is -0.144. The van der Waals surface area contributed by atoms with Crippen LogP contribution in [0, 0.1) is 0 Å². The number of carboxylic acids is 2. The SMILES string of the molecule is CSCCC(NC(=O)C(CO)NC(=O)C(N)CCC(=O)O)C(=O)NC(CC(N)=O)C(=O)O. The van der Waals surface area contributed by atoms with Crippen LogP contribution < -0.4 is 27.4 Å². The Hall–Kier alpha value is -2.91. The van der Waals surface area contributed by atoms with Crippen molar-refractivity contribution in [3.63, 3.8) is 0 Å². The van der Waals surface area contributed by atoms with Crippen LogP contribution in [-0.2, 0) is 28.8 Å². The minimum atomic E-state index is -1.60. The van der Waals surface area contributed by atoms with Crippen molar-refractivity contribution in [2.75, 3.05) is 18.6 Å². The van der Waals surface area contributed by atoms with Gasteiger partial charge in [-0.05, 0) is 24.9 Å². The van der Waals surface area contributed by atoms with Crippen molar-refractivity contribution in [1.82, 2.24) is 16.0 Å². The lowest BCUT2D eigenvalue weighted by atomic mass is 10.1. The van der Waals surface area contributed by atoms with Gasteiger partial charge in [-0.25, -0.2) is 4.79 Å². The highest BCUT2D eigenvalue weighted by atomic mass is 32.2. The lowest BCUT2D eigenvalue weighted by Gasteiger charge is -2.24. The Kier molecular flexibility index (Phi) is 13.6. The highest BCUT2D eigenvalue weighted by molar-refractivity contribution is 7.98. The Morgan fingerprint density at radius 2 is 1.41 bits per heavy atom. The summed E-state index contributed by atoms with van der Waals surface area (Å²) in [6.07, 6.45) is 0.576.